The number of carbonyl (C=O) groups excluding carboxylic acids is 2. The van der Waals surface area contributed by atoms with Gasteiger partial charge in [0.1, 0.15) is 12.7 Å². The number of amides is 1. The van der Waals surface area contributed by atoms with E-state index in [-0.39, 0.29) is 24.5 Å². The Morgan fingerprint density at radius 1 is 1.37 bits per heavy atom. The van der Waals surface area contributed by atoms with E-state index in [1.165, 1.54) is 0 Å². The molecule has 102 valence electrons. The van der Waals surface area contributed by atoms with Gasteiger partial charge in [0.25, 0.3) is 0 Å². The predicted molar refractivity (Wildman–Crippen MR) is 68.3 cm³/mol. The van der Waals surface area contributed by atoms with E-state index in [0.29, 0.717) is 0 Å². The third kappa shape index (κ3) is 3.24. The molecular formula is C14H17NO4. The van der Waals surface area contributed by atoms with Crippen molar-refractivity contribution in [2.24, 2.45) is 5.92 Å². The highest BCUT2D eigenvalue weighted by Crippen LogP contribution is 2.21. The highest BCUT2D eigenvalue weighted by Gasteiger charge is 2.41. The van der Waals surface area contributed by atoms with Crippen LogP contribution in [0.3, 0.4) is 0 Å². The molecule has 1 aromatic carbocycles. The zero-order valence-electron chi connectivity index (χ0n) is 11.0. The molecule has 5 nitrogen and oxygen atoms in total. The van der Waals surface area contributed by atoms with Crippen molar-refractivity contribution in [3.05, 3.63) is 35.9 Å². The fourth-order valence-electron chi connectivity index (χ4n) is 2.14. The molecule has 19 heavy (non-hydrogen) atoms. The number of carbonyl (C=O) groups is 2. The van der Waals surface area contributed by atoms with Gasteiger partial charge < -0.3 is 14.8 Å². The summed E-state index contributed by atoms with van der Waals surface area (Å²) in [6.45, 7) is 3.74. The SMILES string of the molecule is C[C@H](OC(=O)OCc1ccccc1)[C@@H]1C(=O)N[C@@H]1C. The Hall–Kier alpha value is -2.04. The third-order valence-electron chi connectivity index (χ3n) is 3.20. The van der Waals surface area contributed by atoms with Crippen molar-refractivity contribution in [2.45, 2.75) is 32.6 Å². The van der Waals surface area contributed by atoms with Crippen LogP contribution < -0.4 is 5.32 Å². The smallest absolute Gasteiger partial charge is 0.430 e. The summed E-state index contributed by atoms with van der Waals surface area (Å²) in [6, 6.07) is 9.38. The largest absolute Gasteiger partial charge is 0.508 e. The summed E-state index contributed by atoms with van der Waals surface area (Å²) in [5.41, 5.74) is 0.891. The monoisotopic (exact) mass is 263 g/mol. The first kappa shape index (κ1) is 13.4. The second-order valence-corrected chi connectivity index (χ2v) is 4.67. The Labute approximate surface area is 111 Å². The quantitative estimate of drug-likeness (QED) is 0.665. The van der Waals surface area contributed by atoms with Gasteiger partial charge in [-0.05, 0) is 19.4 Å². The van der Waals surface area contributed by atoms with Crippen LogP contribution in [0, 0.1) is 5.92 Å². The second-order valence-electron chi connectivity index (χ2n) is 4.67. The molecule has 0 bridgehead atoms. The predicted octanol–water partition coefficient (Wildman–Crippen LogP) is 1.86. The summed E-state index contributed by atoms with van der Waals surface area (Å²) >= 11 is 0. The zero-order valence-corrected chi connectivity index (χ0v) is 11.0. The first-order chi connectivity index (χ1) is 9.08. The first-order valence-electron chi connectivity index (χ1n) is 6.25. The van der Waals surface area contributed by atoms with Crippen LogP contribution >= 0.6 is 0 Å². The van der Waals surface area contributed by atoms with Crippen molar-refractivity contribution in [3.8, 4) is 0 Å². The lowest BCUT2D eigenvalue weighted by Gasteiger charge is -2.37. The first-order valence-corrected chi connectivity index (χ1v) is 6.25. The van der Waals surface area contributed by atoms with E-state index in [1.54, 1.807) is 6.92 Å². The molecule has 0 radical (unpaired) electrons. The maximum Gasteiger partial charge on any atom is 0.508 e. The Morgan fingerprint density at radius 2 is 2.05 bits per heavy atom. The highest BCUT2D eigenvalue weighted by molar-refractivity contribution is 5.86. The van der Waals surface area contributed by atoms with Gasteiger partial charge in [-0.1, -0.05) is 30.3 Å². The maximum atomic E-state index is 11.5. The molecule has 1 aromatic rings. The number of hydrogen-bond donors (Lipinski definition) is 1. The van der Waals surface area contributed by atoms with E-state index in [1.807, 2.05) is 37.3 Å². The minimum atomic E-state index is -0.747. The van der Waals surface area contributed by atoms with E-state index in [9.17, 15) is 9.59 Å². The van der Waals surface area contributed by atoms with Gasteiger partial charge in [0.05, 0.1) is 5.92 Å². The lowest BCUT2D eigenvalue weighted by molar-refractivity contribution is -0.140. The van der Waals surface area contributed by atoms with Gasteiger partial charge in [0, 0.05) is 6.04 Å². The van der Waals surface area contributed by atoms with Crippen molar-refractivity contribution in [1.29, 1.82) is 0 Å². The van der Waals surface area contributed by atoms with Gasteiger partial charge >= 0.3 is 6.16 Å². The molecule has 5 heteroatoms. The van der Waals surface area contributed by atoms with Crippen LogP contribution in [0.2, 0.25) is 0 Å². The van der Waals surface area contributed by atoms with Crippen molar-refractivity contribution in [1.82, 2.24) is 5.32 Å². The summed E-state index contributed by atoms with van der Waals surface area (Å²) in [5.74, 6) is -0.375. The van der Waals surface area contributed by atoms with E-state index in [2.05, 4.69) is 5.32 Å². The van der Waals surface area contributed by atoms with Crippen LogP contribution in [0.25, 0.3) is 0 Å². The van der Waals surface area contributed by atoms with Crippen LogP contribution in [0.4, 0.5) is 4.79 Å². The van der Waals surface area contributed by atoms with Gasteiger partial charge in [-0.15, -0.1) is 0 Å². The Kier molecular flexibility index (Phi) is 4.04. The average molecular weight is 263 g/mol. The second kappa shape index (κ2) is 5.73. The van der Waals surface area contributed by atoms with E-state index < -0.39 is 12.3 Å². The molecule has 1 heterocycles. The molecule has 1 aliphatic heterocycles. The molecule has 1 amide bonds. The maximum absolute atomic E-state index is 11.5. The van der Waals surface area contributed by atoms with Crippen LogP contribution in [0.15, 0.2) is 30.3 Å². The molecule has 0 unspecified atom stereocenters. The Morgan fingerprint density at radius 3 is 2.63 bits per heavy atom. The fraction of sp³-hybridized carbons (Fsp3) is 0.429. The molecule has 3 atom stereocenters. The van der Waals surface area contributed by atoms with Gasteiger partial charge in [0.15, 0.2) is 0 Å². The Balaban J connectivity index is 1.77. The number of ether oxygens (including phenoxy) is 2. The van der Waals surface area contributed by atoms with Crippen molar-refractivity contribution in [2.75, 3.05) is 0 Å². The van der Waals surface area contributed by atoms with Crippen molar-refractivity contribution >= 4 is 12.1 Å². The molecule has 1 saturated heterocycles. The highest BCUT2D eigenvalue weighted by atomic mass is 16.7. The molecule has 1 aliphatic rings. The third-order valence-corrected chi connectivity index (χ3v) is 3.20. The van der Waals surface area contributed by atoms with E-state index in [4.69, 9.17) is 9.47 Å². The average Bonchev–Trinajstić information content (AvgIpc) is 2.37. The molecule has 2 rings (SSSR count). The number of β-lactam (4-membered cyclic amide) rings is 1. The molecule has 0 saturated carbocycles. The standard InChI is InChI=1S/C14H17NO4/c1-9-12(13(16)15-9)10(2)19-14(17)18-8-11-6-4-3-5-7-11/h3-7,9-10,12H,8H2,1-2H3,(H,15,16)/t9-,10+,12-/m1/s1. The lowest BCUT2D eigenvalue weighted by Crippen LogP contribution is -2.60. The minimum absolute atomic E-state index is 0.0319. The van der Waals surface area contributed by atoms with E-state index >= 15 is 0 Å². The van der Waals surface area contributed by atoms with Crippen molar-refractivity contribution in [3.63, 3.8) is 0 Å². The van der Waals surface area contributed by atoms with Crippen molar-refractivity contribution < 1.29 is 19.1 Å². The summed E-state index contributed by atoms with van der Waals surface area (Å²) in [4.78, 5) is 22.8. The summed E-state index contributed by atoms with van der Waals surface area (Å²) in [7, 11) is 0. The summed E-state index contributed by atoms with van der Waals surface area (Å²) in [6.07, 6.45) is -1.23. The van der Waals surface area contributed by atoms with Gasteiger partial charge in [0.2, 0.25) is 5.91 Å². The van der Waals surface area contributed by atoms with Crippen LogP contribution in [0.5, 0.6) is 0 Å². The molecule has 1 fully saturated rings. The molecule has 0 aromatic heterocycles. The normalized spacial score (nSPS) is 22.9. The van der Waals surface area contributed by atoms with Gasteiger partial charge in [-0.2, -0.15) is 0 Å². The zero-order chi connectivity index (χ0) is 13.8. The number of hydrogen-bond acceptors (Lipinski definition) is 4. The number of rotatable bonds is 4. The summed E-state index contributed by atoms with van der Waals surface area (Å²) in [5, 5.41) is 2.70. The van der Waals surface area contributed by atoms with E-state index in [0.717, 1.165) is 5.56 Å². The summed E-state index contributed by atoms with van der Waals surface area (Å²) < 4.78 is 10.1. The van der Waals surface area contributed by atoms with Crippen LogP contribution in [-0.2, 0) is 20.9 Å². The van der Waals surface area contributed by atoms with Gasteiger partial charge in [-0.3, -0.25) is 4.79 Å². The lowest BCUT2D eigenvalue weighted by atomic mass is 9.87. The van der Waals surface area contributed by atoms with Crippen LogP contribution in [-0.4, -0.2) is 24.2 Å². The molecule has 0 spiro atoms. The molecule has 1 N–H and O–H groups in total. The fourth-order valence-corrected chi connectivity index (χ4v) is 2.14. The van der Waals surface area contributed by atoms with Crippen LogP contribution in [0.1, 0.15) is 19.4 Å². The number of nitrogens with one attached hydrogen (secondary N) is 1. The molecular weight excluding hydrogens is 246 g/mol. The number of benzene rings is 1. The topological polar surface area (TPSA) is 64.6 Å². The Bertz CT molecular complexity index is 460. The van der Waals surface area contributed by atoms with Gasteiger partial charge in [-0.25, -0.2) is 4.79 Å². The minimum Gasteiger partial charge on any atom is -0.430 e. The molecule has 0 aliphatic carbocycles.